The summed E-state index contributed by atoms with van der Waals surface area (Å²) in [5.41, 5.74) is 3.79. The number of ether oxygens (including phenoxy) is 1. The minimum Gasteiger partial charge on any atom is -0.508 e. The molecule has 0 aliphatic heterocycles. The SMILES string of the molecule is CCOC(=O)/C=C(\C)C=CC=C(C)c1ccc(O)c(C(C)(C)C)c1. The minimum atomic E-state index is -0.325. The smallest absolute Gasteiger partial charge is 0.330 e. The van der Waals surface area contributed by atoms with E-state index in [-0.39, 0.29) is 11.4 Å². The molecule has 130 valence electrons. The average molecular weight is 328 g/mol. The van der Waals surface area contributed by atoms with Gasteiger partial charge < -0.3 is 9.84 Å². The molecule has 0 unspecified atom stereocenters. The van der Waals surface area contributed by atoms with Crippen LogP contribution in [0, 0.1) is 0 Å². The molecule has 3 nitrogen and oxygen atoms in total. The van der Waals surface area contributed by atoms with E-state index in [1.165, 1.54) is 6.08 Å². The Labute approximate surface area is 145 Å². The lowest BCUT2D eigenvalue weighted by atomic mass is 9.84. The number of aromatic hydroxyl groups is 1. The summed E-state index contributed by atoms with van der Waals surface area (Å²) in [5.74, 6) is -0.00323. The van der Waals surface area contributed by atoms with Crippen LogP contribution >= 0.6 is 0 Å². The summed E-state index contributed by atoms with van der Waals surface area (Å²) in [7, 11) is 0. The van der Waals surface area contributed by atoms with E-state index >= 15 is 0 Å². The minimum absolute atomic E-state index is 0.116. The molecule has 1 rings (SSSR count). The van der Waals surface area contributed by atoms with Crippen molar-refractivity contribution in [3.05, 3.63) is 59.2 Å². The Bertz CT molecular complexity index is 671. The molecule has 0 bridgehead atoms. The van der Waals surface area contributed by atoms with E-state index in [0.717, 1.165) is 22.3 Å². The first-order valence-electron chi connectivity index (χ1n) is 8.19. The lowest BCUT2D eigenvalue weighted by Crippen LogP contribution is -2.11. The maximum absolute atomic E-state index is 11.4. The van der Waals surface area contributed by atoms with Crippen LogP contribution in [0.15, 0.2) is 48.1 Å². The third-order valence-corrected chi connectivity index (χ3v) is 3.60. The number of phenolic OH excluding ortho intramolecular Hbond substituents is 1. The number of phenols is 1. The van der Waals surface area contributed by atoms with Crippen molar-refractivity contribution in [2.45, 2.75) is 47.0 Å². The molecule has 0 atom stereocenters. The van der Waals surface area contributed by atoms with Crippen molar-refractivity contribution >= 4 is 11.5 Å². The summed E-state index contributed by atoms with van der Waals surface area (Å²) in [6, 6.07) is 5.67. The molecule has 0 aromatic heterocycles. The zero-order chi connectivity index (χ0) is 18.3. The van der Waals surface area contributed by atoms with E-state index in [1.54, 1.807) is 13.0 Å². The van der Waals surface area contributed by atoms with Crippen molar-refractivity contribution in [1.82, 2.24) is 0 Å². The van der Waals surface area contributed by atoms with Gasteiger partial charge in [0.15, 0.2) is 0 Å². The lowest BCUT2D eigenvalue weighted by Gasteiger charge is -2.21. The molecule has 0 saturated heterocycles. The molecular formula is C21H28O3. The number of allylic oxidation sites excluding steroid dienone is 5. The van der Waals surface area contributed by atoms with Crippen LogP contribution in [0.25, 0.3) is 5.57 Å². The molecule has 0 fully saturated rings. The number of benzene rings is 1. The van der Waals surface area contributed by atoms with Crippen molar-refractivity contribution in [2.24, 2.45) is 0 Å². The highest BCUT2D eigenvalue weighted by atomic mass is 16.5. The fraction of sp³-hybridized carbons (Fsp3) is 0.381. The highest BCUT2D eigenvalue weighted by Gasteiger charge is 2.18. The summed E-state index contributed by atoms with van der Waals surface area (Å²) >= 11 is 0. The van der Waals surface area contributed by atoms with Gasteiger partial charge in [-0.25, -0.2) is 4.79 Å². The summed E-state index contributed by atoms with van der Waals surface area (Å²) < 4.78 is 4.88. The highest BCUT2D eigenvalue weighted by Crippen LogP contribution is 2.32. The van der Waals surface area contributed by atoms with E-state index < -0.39 is 0 Å². The molecule has 0 heterocycles. The summed E-state index contributed by atoms with van der Waals surface area (Å²) in [6.07, 6.45) is 7.23. The molecule has 0 aliphatic rings. The predicted molar refractivity (Wildman–Crippen MR) is 100.0 cm³/mol. The second-order valence-electron chi connectivity index (χ2n) is 6.83. The number of carbonyl (C=O) groups is 1. The van der Waals surface area contributed by atoms with Gasteiger partial charge in [-0.1, -0.05) is 45.1 Å². The molecule has 1 aromatic rings. The quantitative estimate of drug-likeness (QED) is 0.461. The second-order valence-corrected chi connectivity index (χ2v) is 6.83. The molecule has 0 amide bonds. The molecule has 3 heteroatoms. The van der Waals surface area contributed by atoms with Gasteiger partial charge in [-0.15, -0.1) is 0 Å². The Morgan fingerprint density at radius 1 is 1.25 bits per heavy atom. The van der Waals surface area contributed by atoms with Crippen LogP contribution in [-0.2, 0) is 14.9 Å². The van der Waals surface area contributed by atoms with Crippen molar-refractivity contribution < 1.29 is 14.6 Å². The number of esters is 1. The van der Waals surface area contributed by atoms with Gasteiger partial charge in [0.2, 0.25) is 0 Å². The topological polar surface area (TPSA) is 46.5 Å². The van der Waals surface area contributed by atoms with Gasteiger partial charge in [-0.3, -0.25) is 0 Å². The summed E-state index contributed by atoms with van der Waals surface area (Å²) in [6.45, 7) is 12.3. The first kappa shape index (κ1) is 19.8. The molecule has 0 aliphatic carbocycles. The zero-order valence-electron chi connectivity index (χ0n) is 15.5. The van der Waals surface area contributed by atoms with E-state index in [0.29, 0.717) is 12.4 Å². The van der Waals surface area contributed by atoms with Gasteiger partial charge in [-0.2, -0.15) is 0 Å². The van der Waals surface area contributed by atoms with Gasteiger partial charge in [0, 0.05) is 6.08 Å². The van der Waals surface area contributed by atoms with Gasteiger partial charge in [0.05, 0.1) is 6.61 Å². The largest absolute Gasteiger partial charge is 0.508 e. The summed E-state index contributed by atoms with van der Waals surface area (Å²) in [5, 5.41) is 10.0. The Morgan fingerprint density at radius 2 is 1.92 bits per heavy atom. The second kappa shape index (κ2) is 8.53. The van der Waals surface area contributed by atoms with Crippen LogP contribution in [0.2, 0.25) is 0 Å². The molecule has 24 heavy (non-hydrogen) atoms. The molecule has 0 spiro atoms. The van der Waals surface area contributed by atoms with Crippen LogP contribution in [-0.4, -0.2) is 17.7 Å². The van der Waals surface area contributed by atoms with E-state index in [1.807, 2.05) is 44.2 Å². The Kier molecular flexibility index (Phi) is 7.02. The average Bonchev–Trinajstić information content (AvgIpc) is 2.46. The van der Waals surface area contributed by atoms with Crippen molar-refractivity contribution in [2.75, 3.05) is 6.61 Å². The van der Waals surface area contributed by atoms with Crippen LogP contribution in [0.1, 0.15) is 52.7 Å². The van der Waals surface area contributed by atoms with Gasteiger partial charge >= 0.3 is 5.97 Å². The highest BCUT2D eigenvalue weighted by molar-refractivity contribution is 5.83. The van der Waals surface area contributed by atoms with Crippen LogP contribution in [0.4, 0.5) is 0 Å². The third kappa shape index (κ3) is 6.07. The van der Waals surface area contributed by atoms with Crippen molar-refractivity contribution in [3.8, 4) is 5.75 Å². The Morgan fingerprint density at radius 3 is 2.50 bits per heavy atom. The standard InChI is InChI=1S/C21H28O3/c1-7-24-20(23)13-15(2)9-8-10-16(3)17-11-12-19(22)18(14-17)21(4,5)6/h8-14,22H,7H2,1-6H3/b9-8?,15-13+,16-10?. The molecule has 1 N–H and O–H groups in total. The van der Waals surface area contributed by atoms with E-state index in [9.17, 15) is 9.90 Å². The number of rotatable bonds is 5. The monoisotopic (exact) mass is 328 g/mol. The fourth-order valence-corrected chi connectivity index (χ4v) is 2.24. The maximum atomic E-state index is 11.4. The Balaban J connectivity index is 2.94. The van der Waals surface area contributed by atoms with E-state index in [4.69, 9.17) is 4.74 Å². The lowest BCUT2D eigenvalue weighted by molar-refractivity contribution is -0.137. The predicted octanol–water partition coefficient (Wildman–Crippen LogP) is 5.16. The van der Waals surface area contributed by atoms with E-state index in [2.05, 4.69) is 20.8 Å². The van der Waals surface area contributed by atoms with Crippen LogP contribution in [0.3, 0.4) is 0 Å². The van der Waals surface area contributed by atoms with Crippen LogP contribution < -0.4 is 0 Å². The molecular weight excluding hydrogens is 300 g/mol. The fourth-order valence-electron chi connectivity index (χ4n) is 2.24. The molecule has 0 saturated carbocycles. The first-order valence-corrected chi connectivity index (χ1v) is 8.19. The Hall–Kier alpha value is -2.29. The number of hydrogen-bond acceptors (Lipinski definition) is 3. The zero-order valence-corrected chi connectivity index (χ0v) is 15.5. The first-order chi connectivity index (χ1) is 11.1. The van der Waals surface area contributed by atoms with Crippen LogP contribution in [0.5, 0.6) is 5.75 Å². The number of carbonyl (C=O) groups excluding carboxylic acids is 1. The molecule has 1 aromatic carbocycles. The molecule has 0 radical (unpaired) electrons. The third-order valence-electron chi connectivity index (χ3n) is 3.60. The van der Waals surface area contributed by atoms with Gasteiger partial charge in [0.1, 0.15) is 5.75 Å². The number of hydrogen-bond donors (Lipinski definition) is 1. The summed E-state index contributed by atoms with van der Waals surface area (Å²) in [4.78, 5) is 11.4. The maximum Gasteiger partial charge on any atom is 0.330 e. The van der Waals surface area contributed by atoms with Crippen molar-refractivity contribution in [3.63, 3.8) is 0 Å². The normalized spacial score (nSPS) is 13.4. The van der Waals surface area contributed by atoms with Crippen molar-refractivity contribution in [1.29, 1.82) is 0 Å². The van der Waals surface area contributed by atoms with Gasteiger partial charge in [-0.05, 0) is 60.6 Å². The van der Waals surface area contributed by atoms with Gasteiger partial charge in [0.25, 0.3) is 0 Å².